The highest BCUT2D eigenvalue weighted by Gasteiger charge is 2.27. The van der Waals surface area contributed by atoms with Gasteiger partial charge in [0.2, 0.25) is 5.82 Å². The van der Waals surface area contributed by atoms with Gasteiger partial charge in [-0.2, -0.15) is 4.39 Å². The summed E-state index contributed by atoms with van der Waals surface area (Å²) in [5.74, 6) is 0.457. The van der Waals surface area contributed by atoms with Crippen LogP contribution in [0.3, 0.4) is 0 Å². The van der Waals surface area contributed by atoms with Crippen LogP contribution in [0.1, 0.15) is 89.7 Å². The first kappa shape index (κ1) is 23.2. The molecule has 1 heterocycles. The molecule has 0 radical (unpaired) electrons. The van der Waals surface area contributed by atoms with Crippen molar-refractivity contribution in [1.29, 1.82) is 0 Å². The zero-order valence-electron chi connectivity index (χ0n) is 18.7. The molecule has 2 unspecified atom stereocenters. The van der Waals surface area contributed by atoms with Gasteiger partial charge in [-0.3, -0.25) is 0 Å². The van der Waals surface area contributed by atoms with Crippen LogP contribution in [0, 0.1) is 29.4 Å². The molecular weight excluding hydrogens is 382 g/mol. The van der Waals surface area contributed by atoms with Crippen molar-refractivity contribution in [2.24, 2.45) is 17.8 Å². The monoisotopic (exact) mass is 420 g/mol. The summed E-state index contributed by atoms with van der Waals surface area (Å²) in [6.45, 7) is 4.97. The second kappa shape index (κ2) is 11.8. The van der Waals surface area contributed by atoms with Crippen molar-refractivity contribution in [3.05, 3.63) is 41.5 Å². The maximum atomic E-state index is 14.4. The van der Waals surface area contributed by atoms with Crippen LogP contribution in [0.4, 0.5) is 8.78 Å². The lowest BCUT2D eigenvalue weighted by atomic mass is 9.80. The summed E-state index contributed by atoms with van der Waals surface area (Å²) < 4.78 is 39.6. The van der Waals surface area contributed by atoms with Gasteiger partial charge in [0.25, 0.3) is 0 Å². The van der Waals surface area contributed by atoms with Crippen LogP contribution in [0.2, 0.25) is 0 Å². The second-order valence-corrected chi connectivity index (χ2v) is 9.05. The molecule has 1 aliphatic heterocycles. The predicted octanol–water partition coefficient (Wildman–Crippen LogP) is 7.77. The molecule has 0 aromatic heterocycles. The molecule has 1 saturated heterocycles. The van der Waals surface area contributed by atoms with Gasteiger partial charge in [-0.25, -0.2) is 4.39 Å². The average Bonchev–Trinajstić information content (AvgIpc) is 2.77. The lowest BCUT2D eigenvalue weighted by Crippen LogP contribution is -2.21. The van der Waals surface area contributed by atoms with E-state index in [1.54, 1.807) is 13.0 Å². The fourth-order valence-electron chi connectivity index (χ4n) is 5.04. The van der Waals surface area contributed by atoms with E-state index in [9.17, 15) is 8.78 Å². The molecule has 0 bridgehead atoms. The fraction of sp³-hybridized carbons (Fsp3) is 0.692. The van der Waals surface area contributed by atoms with Crippen LogP contribution in [0.25, 0.3) is 0 Å². The molecule has 2 nitrogen and oxygen atoms in total. The van der Waals surface area contributed by atoms with Gasteiger partial charge in [-0.15, -0.1) is 0 Å². The van der Waals surface area contributed by atoms with Crippen LogP contribution < -0.4 is 4.74 Å². The van der Waals surface area contributed by atoms with E-state index in [1.807, 2.05) is 0 Å². The fourth-order valence-corrected chi connectivity index (χ4v) is 5.04. The molecule has 0 N–H and O–H groups in total. The SMILES string of the molecule is CCCC1CCC(/C=C/CCC2CCC(c3ccc(OCC)c(F)c3F)OC2)CC1. The molecule has 1 aliphatic carbocycles. The predicted molar refractivity (Wildman–Crippen MR) is 118 cm³/mol. The summed E-state index contributed by atoms with van der Waals surface area (Å²) in [6, 6.07) is 3.11. The minimum Gasteiger partial charge on any atom is -0.491 e. The summed E-state index contributed by atoms with van der Waals surface area (Å²) in [5.41, 5.74) is 0.313. The summed E-state index contributed by atoms with van der Waals surface area (Å²) in [7, 11) is 0. The van der Waals surface area contributed by atoms with Gasteiger partial charge in [-0.1, -0.05) is 31.9 Å². The molecule has 30 heavy (non-hydrogen) atoms. The lowest BCUT2D eigenvalue weighted by Gasteiger charge is -2.29. The topological polar surface area (TPSA) is 18.5 Å². The van der Waals surface area contributed by atoms with Gasteiger partial charge in [-0.05, 0) is 88.2 Å². The van der Waals surface area contributed by atoms with Crippen molar-refractivity contribution < 1.29 is 18.3 Å². The molecule has 1 aromatic carbocycles. The number of hydrogen-bond donors (Lipinski definition) is 0. The Balaban J connectivity index is 1.39. The maximum absolute atomic E-state index is 14.4. The first-order valence-electron chi connectivity index (χ1n) is 12.0. The third-order valence-electron chi connectivity index (χ3n) is 6.83. The zero-order valence-corrected chi connectivity index (χ0v) is 18.7. The number of halogens is 2. The Hall–Kier alpha value is -1.42. The molecule has 0 amide bonds. The number of hydrogen-bond acceptors (Lipinski definition) is 2. The summed E-state index contributed by atoms with van der Waals surface area (Å²) >= 11 is 0. The van der Waals surface area contributed by atoms with Crippen molar-refractivity contribution in [2.45, 2.75) is 84.2 Å². The van der Waals surface area contributed by atoms with Crippen LogP contribution in [-0.2, 0) is 4.74 Å². The molecule has 2 aliphatic rings. The van der Waals surface area contributed by atoms with Gasteiger partial charge in [0.1, 0.15) is 0 Å². The van der Waals surface area contributed by atoms with Crippen LogP contribution >= 0.6 is 0 Å². The van der Waals surface area contributed by atoms with E-state index in [0.717, 1.165) is 37.5 Å². The molecule has 2 fully saturated rings. The number of allylic oxidation sites excluding steroid dienone is 2. The smallest absolute Gasteiger partial charge is 0.200 e. The summed E-state index contributed by atoms with van der Waals surface area (Å²) in [4.78, 5) is 0. The molecule has 168 valence electrons. The first-order chi connectivity index (χ1) is 14.6. The van der Waals surface area contributed by atoms with Crippen LogP contribution in [-0.4, -0.2) is 13.2 Å². The van der Waals surface area contributed by atoms with Crippen molar-refractivity contribution >= 4 is 0 Å². The average molecular weight is 421 g/mol. The van der Waals surface area contributed by atoms with Crippen molar-refractivity contribution in [2.75, 3.05) is 13.2 Å². The van der Waals surface area contributed by atoms with Crippen LogP contribution in [0.15, 0.2) is 24.3 Å². The lowest BCUT2D eigenvalue weighted by molar-refractivity contribution is -0.0211. The number of ether oxygens (including phenoxy) is 2. The van der Waals surface area contributed by atoms with Gasteiger partial charge >= 0.3 is 0 Å². The Morgan fingerprint density at radius 2 is 1.73 bits per heavy atom. The van der Waals surface area contributed by atoms with Gasteiger partial charge < -0.3 is 9.47 Å². The van der Waals surface area contributed by atoms with Crippen molar-refractivity contribution in [3.8, 4) is 5.75 Å². The zero-order chi connectivity index (χ0) is 21.3. The van der Waals surface area contributed by atoms with E-state index in [1.165, 1.54) is 44.6 Å². The van der Waals surface area contributed by atoms with Gasteiger partial charge in [0.15, 0.2) is 11.6 Å². The second-order valence-electron chi connectivity index (χ2n) is 9.05. The Labute approximate surface area is 181 Å². The highest BCUT2D eigenvalue weighted by Crippen LogP contribution is 2.36. The third-order valence-corrected chi connectivity index (χ3v) is 6.83. The van der Waals surface area contributed by atoms with Crippen molar-refractivity contribution in [1.82, 2.24) is 0 Å². The normalized spacial score (nSPS) is 27.5. The number of rotatable bonds is 9. The first-order valence-corrected chi connectivity index (χ1v) is 12.0. The Morgan fingerprint density at radius 3 is 2.40 bits per heavy atom. The molecule has 2 atom stereocenters. The minimum atomic E-state index is -0.908. The highest BCUT2D eigenvalue weighted by atomic mass is 19.2. The summed E-state index contributed by atoms with van der Waals surface area (Å²) in [6.07, 6.45) is 16.5. The van der Waals surface area contributed by atoms with E-state index >= 15 is 0 Å². The number of benzene rings is 1. The molecule has 0 spiro atoms. The highest BCUT2D eigenvalue weighted by molar-refractivity contribution is 5.32. The van der Waals surface area contributed by atoms with E-state index in [-0.39, 0.29) is 11.9 Å². The molecular formula is C26H38F2O2. The Kier molecular flexibility index (Phi) is 9.17. The molecule has 1 saturated carbocycles. The third kappa shape index (κ3) is 6.29. The van der Waals surface area contributed by atoms with E-state index in [2.05, 4.69) is 19.1 Å². The van der Waals surface area contributed by atoms with E-state index in [0.29, 0.717) is 24.7 Å². The van der Waals surface area contributed by atoms with Crippen LogP contribution in [0.5, 0.6) is 5.75 Å². The van der Waals surface area contributed by atoms with E-state index < -0.39 is 11.6 Å². The molecule has 3 rings (SSSR count). The summed E-state index contributed by atoms with van der Waals surface area (Å²) in [5, 5.41) is 0. The largest absolute Gasteiger partial charge is 0.491 e. The Morgan fingerprint density at radius 1 is 0.967 bits per heavy atom. The van der Waals surface area contributed by atoms with Gasteiger partial charge in [0.05, 0.1) is 19.3 Å². The molecule has 1 aromatic rings. The molecule has 4 heteroatoms. The quantitative estimate of drug-likeness (QED) is 0.380. The van der Waals surface area contributed by atoms with E-state index in [4.69, 9.17) is 9.47 Å². The Bertz CT molecular complexity index is 672. The maximum Gasteiger partial charge on any atom is 0.200 e. The minimum absolute atomic E-state index is 0.0296. The van der Waals surface area contributed by atoms with Crippen molar-refractivity contribution in [3.63, 3.8) is 0 Å². The van der Waals surface area contributed by atoms with Gasteiger partial charge in [0, 0.05) is 5.56 Å². The standard InChI is InChI=1S/C26H38F2O2/c1-3-7-19-10-12-20(13-11-19)8-5-6-9-21-14-16-23(30-18-21)22-15-17-24(29-4-2)26(28)25(22)27/h5,8,15,17,19-21,23H,3-4,6-7,9-14,16,18H2,1-2H3/b8-5+.